The predicted octanol–water partition coefficient (Wildman–Crippen LogP) is 5.17. The number of rotatable bonds is 6. The van der Waals surface area contributed by atoms with Crippen LogP contribution in [0.25, 0.3) is 28.2 Å². The van der Waals surface area contributed by atoms with Crippen LogP contribution in [0, 0.1) is 0 Å². The minimum absolute atomic E-state index is 0.270. The minimum atomic E-state index is -5.08. The number of hydrogen-bond donors (Lipinski definition) is 2. The third-order valence-electron chi connectivity index (χ3n) is 5.46. The van der Waals surface area contributed by atoms with Crippen LogP contribution in [0.1, 0.15) is 0 Å². The summed E-state index contributed by atoms with van der Waals surface area (Å²) in [6.45, 7) is 0. The summed E-state index contributed by atoms with van der Waals surface area (Å²) in [5.74, 6) is -2.32. The van der Waals surface area contributed by atoms with E-state index >= 15 is 0 Å². The number of alkyl halides is 3. The van der Waals surface area contributed by atoms with Gasteiger partial charge in [-0.1, -0.05) is 47.7 Å². The molecule has 0 bridgehead atoms. The lowest BCUT2D eigenvalue weighted by Crippen LogP contribution is -2.21. The van der Waals surface area contributed by atoms with Gasteiger partial charge in [0.2, 0.25) is 5.95 Å². The molecule has 0 aliphatic heterocycles. The van der Waals surface area contributed by atoms with E-state index in [1.54, 1.807) is 47.4 Å². The van der Waals surface area contributed by atoms with E-state index < -0.39 is 22.0 Å². The highest BCUT2D eigenvalue weighted by molar-refractivity contribution is 7.90. The van der Waals surface area contributed by atoms with E-state index in [1.165, 1.54) is 6.26 Å². The van der Waals surface area contributed by atoms with Gasteiger partial charge < -0.3 is 10.4 Å². The number of carboxylic acid groups (broad SMARTS) is 1. The van der Waals surface area contributed by atoms with E-state index in [9.17, 15) is 21.6 Å². The molecule has 0 unspecified atom stereocenters. The van der Waals surface area contributed by atoms with Crippen LogP contribution in [0.15, 0.2) is 102 Å². The molecule has 2 heterocycles. The van der Waals surface area contributed by atoms with Gasteiger partial charge in [-0.05, 0) is 42.5 Å². The van der Waals surface area contributed by atoms with Crippen molar-refractivity contribution in [2.75, 3.05) is 11.6 Å². The Balaban J connectivity index is 0.000000493. The lowest BCUT2D eigenvalue weighted by molar-refractivity contribution is -0.192. The maximum absolute atomic E-state index is 11.7. The zero-order valence-corrected chi connectivity index (χ0v) is 22.0. The molecule has 5 aromatic rings. The van der Waals surface area contributed by atoms with Crippen LogP contribution < -0.4 is 5.32 Å². The van der Waals surface area contributed by atoms with Gasteiger partial charge in [-0.15, -0.1) is 5.10 Å². The second-order valence-electron chi connectivity index (χ2n) is 8.43. The highest BCUT2D eigenvalue weighted by Gasteiger charge is 2.38. The molecule has 2 aromatic heterocycles. The summed E-state index contributed by atoms with van der Waals surface area (Å²) in [6, 6.07) is 26.1. The van der Waals surface area contributed by atoms with Crippen molar-refractivity contribution >= 4 is 27.4 Å². The fraction of sp³-hybridized carbons (Fsp3) is 0.0741. The zero-order valence-electron chi connectivity index (χ0n) is 21.2. The molecule has 41 heavy (non-hydrogen) atoms. The van der Waals surface area contributed by atoms with Crippen LogP contribution in [0.4, 0.5) is 24.8 Å². The molecule has 5 rings (SSSR count). The number of hydrogen-bond acceptors (Lipinski definition) is 8. The first-order chi connectivity index (χ1) is 19.4. The van der Waals surface area contributed by atoms with Crippen molar-refractivity contribution in [2.24, 2.45) is 0 Å². The van der Waals surface area contributed by atoms with Gasteiger partial charge in [0.25, 0.3) is 0 Å². The molecule has 0 saturated heterocycles. The maximum atomic E-state index is 11.7. The molecule has 3 aromatic carbocycles. The molecule has 0 spiro atoms. The van der Waals surface area contributed by atoms with Crippen molar-refractivity contribution < 1.29 is 31.5 Å². The molecular weight excluding hydrogens is 561 g/mol. The molecule has 0 saturated carbocycles. The third-order valence-corrected chi connectivity index (χ3v) is 6.59. The van der Waals surface area contributed by atoms with Crippen molar-refractivity contribution in [3.8, 4) is 28.2 Å². The van der Waals surface area contributed by atoms with Gasteiger partial charge in [-0.25, -0.2) is 27.9 Å². The molecular formula is C27H21F3N6O4S. The van der Waals surface area contributed by atoms with E-state index in [0.717, 1.165) is 28.2 Å². The quantitative estimate of drug-likeness (QED) is 0.277. The van der Waals surface area contributed by atoms with Gasteiger partial charge in [-0.3, -0.25) is 0 Å². The Bertz CT molecular complexity index is 1740. The van der Waals surface area contributed by atoms with Crippen LogP contribution in [0.5, 0.6) is 0 Å². The second kappa shape index (κ2) is 12.0. The highest BCUT2D eigenvalue weighted by atomic mass is 32.2. The summed E-state index contributed by atoms with van der Waals surface area (Å²) in [7, 11) is -3.24. The summed E-state index contributed by atoms with van der Waals surface area (Å²) < 4.78 is 56.9. The maximum Gasteiger partial charge on any atom is 0.490 e. The third kappa shape index (κ3) is 7.51. The summed E-state index contributed by atoms with van der Waals surface area (Å²) in [6.07, 6.45) is -0.500. The number of carboxylic acids is 1. The van der Waals surface area contributed by atoms with Gasteiger partial charge in [0.05, 0.1) is 28.2 Å². The summed E-state index contributed by atoms with van der Waals surface area (Å²) in [5.41, 5.74) is 5.11. The molecule has 0 radical (unpaired) electrons. The molecule has 0 amide bonds. The number of anilines is 2. The van der Waals surface area contributed by atoms with Crippen LogP contribution in [-0.4, -0.2) is 56.9 Å². The Morgan fingerprint density at radius 3 is 2.12 bits per heavy atom. The van der Waals surface area contributed by atoms with E-state index in [-0.39, 0.29) is 4.90 Å². The van der Waals surface area contributed by atoms with Crippen molar-refractivity contribution in [3.63, 3.8) is 0 Å². The van der Waals surface area contributed by atoms with Crippen molar-refractivity contribution in [2.45, 2.75) is 11.1 Å². The van der Waals surface area contributed by atoms with Gasteiger partial charge in [0.15, 0.2) is 9.84 Å². The molecule has 0 aliphatic carbocycles. The average molecular weight is 583 g/mol. The predicted molar refractivity (Wildman–Crippen MR) is 144 cm³/mol. The average Bonchev–Trinajstić information content (AvgIpc) is 3.44. The van der Waals surface area contributed by atoms with Crippen molar-refractivity contribution in [3.05, 3.63) is 97.3 Å². The number of aliphatic carboxylic acids is 1. The van der Waals surface area contributed by atoms with E-state index in [0.29, 0.717) is 11.6 Å². The summed E-state index contributed by atoms with van der Waals surface area (Å²) >= 11 is 0. The first kappa shape index (κ1) is 28.9. The number of sulfone groups is 1. The summed E-state index contributed by atoms with van der Waals surface area (Å²) in [4.78, 5) is 18.0. The molecule has 0 atom stereocenters. The second-order valence-corrected chi connectivity index (χ2v) is 10.4. The Morgan fingerprint density at radius 2 is 1.54 bits per heavy atom. The molecule has 0 fully saturated rings. The molecule has 10 nitrogen and oxygen atoms in total. The van der Waals surface area contributed by atoms with Gasteiger partial charge in [0.1, 0.15) is 0 Å². The Morgan fingerprint density at radius 1 is 0.902 bits per heavy atom. The van der Waals surface area contributed by atoms with E-state index in [1.807, 2.05) is 54.6 Å². The van der Waals surface area contributed by atoms with Gasteiger partial charge in [-0.2, -0.15) is 13.2 Å². The fourth-order valence-corrected chi connectivity index (χ4v) is 4.13. The zero-order chi connectivity index (χ0) is 29.6. The van der Waals surface area contributed by atoms with Gasteiger partial charge in [0, 0.05) is 29.3 Å². The topological polar surface area (TPSA) is 140 Å². The standard InChI is InChI=1S/C25H20N6O2S.C2HF3O2/c1-34(32,33)22-13-7-18(8-14-22)23-15-16-26-25(29-23)28-20-9-11-21(12-10-20)31-24(17-27-30-31)19-5-3-2-4-6-19;3-2(4,5)1(6)7/h2-17H,1H3,(H,26,28,29);(H,6,7). The monoisotopic (exact) mass is 582 g/mol. The molecule has 2 N–H and O–H groups in total. The van der Waals surface area contributed by atoms with Gasteiger partial charge >= 0.3 is 12.1 Å². The SMILES string of the molecule is CS(=O)(=O)c1ccc(-c2ccnc(Nc3ccc(-n4nncc4-c4ccccc4)cc3)n2)cc1.O=C(O)C(F)(F)F. The largest absolute Gasteiger partial charge is 0.490 e. The Kier molecular flexibility index (Phi) is 8.42. The first-order valence-corrected chi connectivity index (χ1v) is 13.6. The molecule has 14 heteroatoms. The molecule has 0 aliphatic rings. The highest BCUT2D eigenvalue weighted by Crippen LogP contribution is 2.24. The van der Waals surface area contributed by atoms with Crippen molar-refractivity contribution in [1.29, 1.82) is 0 Å². The normalized spacial score (nSPS) is 11.3. The number of carbonyl (C=O) groups is 1. The van der Waals surface area contributed by atoms with E-state index in [4.69, 9.17) is 9.90 Å². The number of halogens is 3. The first-order valence-electron chi connectivity index (χ1n) is 11.7. The number of nitrogens with one attached hydrogen (secondary N) is 1. The van der Waals surface area contributed by atoms with Crippen LogP contribution in [0.2, 0.25) is 0 Å². The molecule has 210 valence electrons. The Hall–Kier alpha value is -5.11. The van der Waals surface area contributed by atoms with Crippen LogP contribution in [0.3, 0.4) is 0 Å². The smallest absolute Gasteiger partial charge is 0.475 e. The fourth-order valence-electron chi connectivity index (χ4n) is 3.50. The van der Waals surface area contributed by atoms with Crippen LogP contribution >= 0.6 is 0 Å². The lowest BCUT2D eigenvalue weighted by Gasteiger charge is -2.09. The Labute approximate surface area is 232 Å². The van der Waals surface area contributed by atoms with E-state index in [2.05, 4.69) is 25.6 Å². The number of aromatic nitrogens is 5. The number of benzene rings is 3. The number of nitrogens with zero attached hydrogens (tertiary/aromatic N) is 5. The van der Waals surface area contributed by atoms with Crippen molar-refractivity contribution in [1.82, 2.24) is 25.0 Å². The van der Waals surface area contributed by atoms with Crippen LogP contribution in [-0.2, 0) is 14.6 Å². The lowest BCUT2D eigenvalue weighted by atomic mass is 10.1. The summed E-state index contributed by atoms with van der Waals surface area (Å²) in [5, 5.41) is 18.6. The minimum Gasteiger partial charge on any atom is -0.475 e.